The molecule has 0 saturated carbocycles. The normalized spacial score (nSPS) is 14.6. The van der Waals surface area contributed by atoms with Crippen LogP contribution >= 0.6 is 0 Å². The van der Waals surface area contributed by atoms with E-state index in [9.17, 15) is 9.59 Å². The van der Waals surface area contributed by atoms with Crippen LogP contribution in [-0.4, -0.2) is 85.1 Å². The van der Waals surface area contributed by atoms with E-state index in [1.54, 1.807) is 55.6 Å². The highest BCUT2D eigenvalue weighted by molar-refractivity contribution is 5.94. The number of pyridine rings is 1. The van der Waals surface area contributed by atoms with Crippen molar-refractivity contribution in [1.82, 2.24) is 40.0 Å². The van der Waals surface area contributed by atoms with Crippen LogP contribution in [0, 0.1) is 0 Å². The maximum Gasteiger partial charge on any atom is 0.272 e. The molecule has 1 N–H and O–H groups in total. The van der Waals surface area contributed by atoms with Crippen LogP contribution in [0.4, 0.5) is 5.69 Å². The van der Waals surface area contributed by atoms with Crippen molar-refractivity contribution in [2.45, 2.75) is 13.0 Å². The van der Waals surface area contributed by atoms with Crippen molar-refractivity contribution >= 4 is 28.6 Å². The Morgan fingerprint density at radius 2 is 1.81 bits per heavy atom. The first-order chi connectivity index (χ1) is 20.4. The minimum atomic E-state index is -0.214. The number of amides is 2. The summed E-state index contributed by atoms with van der Waals surface area (Å²) in [6, 6.07) is 16.3. The lowest BCUT2D eigenvalue weighted by Crippen LogP contribution is -2.50. The van der Waals surface area contributed by atoms with Gasteiger partial charge in [0.05, 0.1) is 20.2 Å². The highest BCUT2D eigenvalue weighted by Crippen LogP contribution is 2.30. The average molecular weight is 568 g/mol. The summed E-state index contributed by atoms with van der Waals surface area (Å²) in [5, 5.41) is 15.5. The van der Waals surface area contributed by atoms with Gasteiger partial charge in [0.25, 0.3) is 5.91 Å². The van der Waals surface area contributed by atoms with Gasteiger partial charge in [-0.05, 0) is 53.2 Å². The molecule has 4 heterocycles. The quantitative estimate of drug-likeness (QED) is 0.312. The standard InChI is InChI=1S/C29H29N9O4/c1-18(39)31-21-6-9-25-23(17-21)32-28(42-25)20-10-11-30-24(16-20)29(40)38-14-12-37(13-15-38)26(27-33-35-36(2)34-27)19-4-7-22(41-3)8-5-19/h4-11,16-17,26H,12-15H2,1-3H3,(H,31,39). The maximum atomic E-state index is 13.5. The van der Waals surface area contributed by atoms with E-state index in [-0.39, 0.29) is 17.9 Å². The number of aromatic nitrogens is 6. The molecule has 0 aliphatic carbocycles. The van der Waals surface area contributed by atoms with Crippen LogP contribution in [0.2, 0.25) is 0 Å². The fourth-order valence-electron chi connectivity index (χ4n) is 5.08. The molecule has 1 saturated heterocycles. The Bertz CT molecular complexity index is 1740. The van der Waals surface area contributed by atoms with Gasteiger partial charge in [0, 0.05) is 50.6 Å². The monoisotopic (exact) mass is 567 g/mol. The van der Waals surface area contributed by atoms with Gasteiger partial charge in [0.2, 0.25) is 11.8 Å². The van der Waals surface area contributed by atoms with Gasteiger partial charge in [-0.1, -0.05) is 12.1 Å². The lowest BCUT2D eigenvalue weighted by molar-refractivity contribution is -0.114. The topological polar surface area (TPSA) is 144 Å². The first kappa shape index (κ1) is 27.0. The van der Waals surface area contributed by atoms with Crippen molar-refractivity contribution in [3.8, 4) is 17.2 Å². The number of aryl methyl sites for hydroxylation is 1. The third-order valence-corrected chi connectivity index (χ3v) is 7.10. The second-order valence-electron chi connectivity index (χ2n) is 9.95. The zero-order valence-electron chi connectivity index (χ0n) is 23.4. The van der Waals surface area contributed by atoms with Gasteiger partial charge >= 0.3 is 0 Å². The number of nitrogens with one attached hydrogen (secondary N) is 1. The summed E-state index contributed by atoms with van der Waals surface area (Å²) in [5.74, 6) is 1.39. The lowest BCUT2D eigenvalue weighted by Gasteiger charge is -2.38. The van der Waals surface area contributed by atoms with Gasteiger partial charge in [0.1, 0.15) is 17.0 Å². The number of benzene rings is 2. The molecular weight excluding hydrogens is 538 g/mol. The van der Waals surface area contributed by atoms with Crippen molar-refractivity contribution < 1.29 is 18.7 Å². The minimum absolute atomic E-state index is 0.167. The number of methoxy groups -OCH3 is 1. The molecule has 1 aliphatic rings. The van der Waals surface area contributed by atoms with Crippen molar-refractivity contribution in [2.75, 3.05) is 38.6 Å². The number of rotatable bonds is 7. The SMILES string of the molecule is COc1ccc(C(c2nnn(C)n2)N2CCN(C(=O)c3cc(-c4nc5cc(NC(C)=O)ccc5o4)ccn3)CC2)cc1. The molecule has 2 aromatic carbocycles. The fraction of sp³-hybridized carbons (Fsp3) is 0.276. The summed E-state index contributed by atoms with van der Waals surface area (Å²) >= 11 is 0. The third kappa shape index (κ3) is 5.54. The molecule has 3 aromatic heterocycles. The molecule has 0 spiro atoms. The fourth-order valence-corrected chi connectivity index (χ4v) is 5.08. The van der Waals surface area contributed by atoms with E-state index in [4.69, 9.17) is 9.15 Å². The third-order valence-electron chi connectivity index (χ3n) is 7.10. The zero-order chi connectivity index (χ0) is 29.2. The number of nitrogens with zero attached hydrogens (tertiary/aromatic N) is 8. The van der Waals surface area contributed by atoms with Crippen LogP contribution in [-0.2, 0) is 11.8 Å². The minimum Gasteiger partial charge on any atom is -0.497 e. The number of carbonyl (C=O) groups is 2. The number of hydrogen-bond acceptors (Lipinski definition) is 10. The summed E-state index contributed by atoms with van der Waals surface area (Å²) in [7, 11) is 3.37. The molecule has 42 heavy (non-hydrogen) atoms. The number of tetrazole rings is 1. The molecule has 1 aliphatic heterocycles. The van der Waals surface area contributed by atoms with Gasteiger partial charge in [-0.2, -0.15) is 4.80 Å². The Balaban J connectivity index is 1.17. The van der Waals surface area contributed by atoms with Crippen molar-refractivity contribution in [3.63, 3.8) is 0 Å². The van der Waals surface area contributed by atoms with Crippen LogP contribution in [0.3, 0.4) is 0 Å². The predicted octanol–water partition coefficient (Wildman–Crippen LogP) is 2.93. The van der Waals surface area contributed by atoms with Gasteiger partial charge < -0.3 is 19.4 Å². The predicted molar refractivity (Wildman–Crippen MR) is 153 cm³/mol. The van der Waals surface area contributed by atoms with E-state index in [0.29, 0.717) is 65.9 Å². The molecule has 1 atom stereocenters. The van der Waals surface area contributed by atoms with E-state index < -0.39 is 0 Å². The Labute approximate surface area is 241 Å². The number of fused-ring (bicyclic) bond motifs is 1. The Kier molecular flexibility index (Phi) is 7.32. The summed E-state index contributed by atoms with van der Waals surface area (Å²) in [4.78, 5) is 39.3. The summed E-state index contributed by atoms with van der Waals surface area (Å²) < 4.78 is 11.2. The molecule has 0 radical (unpaired) electrons. The van der Waals surface area contributed by atoms with E-state index >= 15 is 0 Å². The van der Waals surface area contributed by atoms with Crippen molar-refractivity contribution in [3.05, 3.63) is 77.9 Å². The van der Waals surface area contributed by atoms with Crippen LogP contribution < -0.4 is 10.1 Å². The largest absolute Gasteiger partial charge is 0.497 e. The number of oxazole rings is 1. The molecule has 0 bridgehead atoms. The van der Waals surface area contributed by atoms with Gasteiger partial charge in [-0.25, -0.2) is 4.98 Å². The highest BCUT2D eigenvalue weighted by atomic mass is 16.5. The summed E-state index contributed by atoms with van der Waals surface area (Å²) in [6.45, 7) is 3.69. The molecule has 2 amide bonds. The van der Waals surface area contributed by atoms with Gasteiger partial charge in [0.15, 0.2) is 11.4 Å². The van der Waals surface area contributed by atoms with E-state index in [1.165, 1.54) is 11.7 Å². The molecule has 5 aromatic rings. The summed E-state index contributed by atoms with van der Waals surface area (Å²) in [5.41, 5.74) is 3.76. The Hall–Kier alpha value is -5.17. The Morgan fingerprint density at radius 1 is 1.02 bits per heavy atom. The van der Waals surface area contributed by atoms with E-state index in [2.05, 4.69) is 35.6 Å². The Morgan fingerprint density at radius 3 is 2.50 bits per heavy atom. The van der Waals surface area contributed by atoms with Gasteiger partial charge in [-0.3, -0.25) is 19.5 Å². The van der Waals surface area contributed by atoms with Crippen molar-refractivity contribution in [1.29, 1.82) is 0 Å². The number of piperazine rings is 1. The van der Waals surface area contributed by atoms with Crippen LogP contribution in [0.25, 0.3) is 22.6 Å². The molecule has 13 nitrogen and oxygen atoms in total. The van der Waals surface area contributed by atoms with E-state index in [0.717, 1.165) is 11.3 Å². The molecule has 6 rings (SSSR count). The van der Waals surface area contributed by atoms with Gasteiger partial charge in [-0.15, -0.1) is 10.2 Å². The molecular formula is C29H29N9O4. The number of hydrogen-bond donors (Lipinski definition) is 1. The molecule has 1 fully saturated rings. The molecule has 1 unspecified atom stereocenters. The highest BCUT2D eigenvalue weighted by Gasteiger charge is 2.31. The number of ether oxygens (including phenoxy) is 1. The number of anilines is 1. The first-order valence-electron chi connectivity index (χ1n) is 13.4. The van der Waals surface area contributed by atoms with Crippen molar-refractivity contribution in [2.24, 2.45) is 7.05 Å². The molecule has 13 heteroatoms. The molecule has 214 valence electrons. The average Bonchev–Trinajstić information content (AvgIpc) is 3.63. The van der Waals surface area contributed by atoms with E-state index in [1.807, 2.05) is 24.3 Å². The maximum absolute atomic E-state index is 13.5. The first-order valence-corrected chi connectivity index (χ1v) is 13.4. The zero-order valence-corrected chi connectivity index (χ0v) is 23.4. The smallest absolute Gasteiger partial charge is 0.272 e. The second kappa shape index (κ2) is 11.4. The van der Waals surface area contributed by atoms with Crippen LogP contribution in [0.15, 0.2) is 65.2 Å². The lowest BCUT2D eigenvalue weighted by atomic mass is 10.0. The van der Waals surface area contributed by atoms with Crippen LogP contribution in [0.1, 0.15) is 34.8 Å². The number of carbonyl (C=O) groups excluding carboxylic acids is 2. The van der Waals surface area contributed by atoms with Crippen LogP contribution in [0.5, 0.6) is 5.75 Å². The summed E-state index contributed by atoms with van der Waals surface area (Å²) in [6.07, 6.45) is 1.58. The second-order valence-corrected chi connectivity index (χ2v) is 9.95.